The molecule has 1 unspecified atom stereocenters. The SMILES string of the molecule is C=C(C)C(=O)OCOc1ccc(C(=O)Oc2ccc(OC(=O)c3ccc(OCOC(=O)C(=C)C)cc3)c(C(=O)C(C)CCCCCCCCCCCCC)c2)cc1.C=C(C)C(=O)OCOc1ccc(C(=O)Oc2ccc(OC(=O)c3ccc(OCOC(=O)C(=C)C)cc3)c(C(=O)CCCCCC)c2)cc1. The third kappa shape index (κ3) is 30.6. The molecule has 0 amide bonds. The highest BCUT2D eigenvalue weighted by Gasteiger charge is 2.25. The van der Waals surface area contributed by atoms with E-state index in [4.69, 9.17) is 56.8 Å². The van der Waals surface area contributed by atoms with Crippen molar-refractivity contribution < 1.29 is 105 Å². The van der Waals surface area contributed by atoms with Crippen LogP contribution in [0.3, 0.4) is 0 Å². The molecule has 0 saturated heterocycles. The Morgan fingerprint density at radius 3 is 0.905 bits per heavy atom. The van der Waals surface area contributed by atoms with Gasteiger partial charge in [-0.25, -0.2) is 38.4 Å². The van der Waals surface area contributed by atoms with Crippen molar-refractivity contribution in [2.75, 3.05) is 27.2 Å². The molecular weight excluding hydrogens is 1350 g/mol. The van der Waals surface area contributed by atoms with E-state index >= 15 is 0 Å². The van der Waals surface area contributed by atoms with Crippen molar-refractivity contribution in [2.45, 2.75) is 158 Å². The van der Waals surface area contributed by atoms with Crippen LogP contribution in [-0.4, -0.2) is 86.5 Å². The summed E-state index contributed by atoms with van der Waals surface area (Å²) in [6.45, 7) is 24.9. The predicted octanol–water partition coefficient (Wildman–Crippen LogP) is 17.7. The number of Topliss-reactive ketones (excluding diaryl/α,β-unsaturated/α-hetero) is 2. The molecule has 22 nitrogen and oxygen atoms in total. The molecule has 6 rings (SSSR count). The van der Waals surface area contributed by atoms with Crippen molar-refractivity contribution in [2.24, 2.45) is 5.92 Å². The van der Waals surface area contributed by atoms with Gasteiger partial charge in [-0.2, -0.15) is 0 Å². The number of ketones is 2. The van der Waals surface area contributed by atoms with Crippen LogP contribution >= 0.6 is 0 Å². The van der Waals surface area contributed by atoms with Gasteiger partial charge in [-0.05, 0) is 174 Å². The van der Waals surface area contributed by atoms with Crippen molar-refractivity contribution in [3.8, 4) is 46.0 Å². The number of hydrogen-bond acceptors (Lipinski definition) is 22. The molecule has 0 spiro atoms. The molecule has 22 heteroatoms. The third-order valence-corrected chi connectivity index (χ3v) is 15.7. The summed E-state index contributed by atoms with van der Waals surface area (Å²) in [5.41, 5.74) is 1.93. The topological polar surface area (TPSA) is 281 Å². The highest BCUT2D eigenvalue weighted by molar-refractivity contribution is 6.03. The number of hydrogen-bond donors (Lipinski definition) is 0. The van der Waals surface area contributed by atoms with Crippen molar-refractivity contribution in [3.05, 3.63) is 215 Å². The fourth-order valence-electron chi connectivity index (χ4n) is 9.59. The van der Waals surface area contributed by atoms with Gasteiger partial charge >= 0.3 is 47.8 Å². The minimum absolute atomic E-state index is 0.0150. The number of unbranched alkanes of at least 4 members (excludes halogenated alkanes) is 13. The van der Waals surface area contributed by atoms with Crippen LogP contribution in [0, 0.1) is 5.92 Å². The summed E-state index contributed by atoms with van der Waals surface area (Å²) < 4.78 is 63.6. The van der Waals surface area contributed by atoms with E-state index in [1.165, 1.54) is 213 Å². The summed E-state index contributed by atoms with van der Waals surface area (Å²) >= 11 is 0. The normalized spacial score (nSPS) is 10.8. The van der Waals surface area contributed by atoms with Crippen LogP contribution in [0.25, 0.3) is 0 Å². The van der Waals surface area contributed by atoms with Crippen molar-refractivity contribution in [3.63, 3.8) is 0 Å². The summed E-state index contributed by atoms with van der Waals surface area (Å²) in [6.07, 6.45) is 17.5. The Kier molecular flexibility index (Phi) is 36.5. The highest BCUT2D eigenvalue weighted by Crippen LogP contribution is 2.32. The zero-order valence-electron chi connectivity index (χ0n) is 60.9. The first-order valence-electron chi connectivity index (χ1n) is 34.8. The Labute approximate surface area is 613 Å². The Morgan fingerprint density at radius 1 is 0.324 bits per heavy atom. The van der Waals surface area contributed by atoms with Crippen LogP contribution in [0.15, 0.2) is 182 Å². The molecule has 0 aromatic heterocycles. The second kappa shape index (κ2) is 45.5. The maximum Gasteiger partial charge on any atom is 0.343 e. The van der Waals surface area contributed by atoms with Gasteiger partial charge in [0.05, 0.1) is 33.4 Å². The fourth-order valence-corrected chi connectivity index (χ4v) is 9.59. The first-order chi connectivity index (χ1) is 50.4. The first kappa shape index (κ1) is 84.2. The van der Waals surface area contributed by atoms with Crippen LogP contribution in [0.2, 0.25) is 0 Å². The maximum atomic E-state index is 13.9. The summed E-state index contributed by atoms with van der Waals surface area (Å²) in [4.78, 5) is 126. The molecule has 1 atom stereocenters. The zero-order valence-corrected chi connectivity index (χ0v) is 60.9. The van der Waals surface area contributed by atoms with Gasteiger partial charge in [-0.15, -0.1) is 0 Å². The lowest BCUT2D eigenvalue weighted by Gasteiger charge is -2.16. The van der Waals surface area contributed by atoms with Crippen LogP contribution in [-0.2, 0) is 38.1 Å². The van der Waals surface area contributed by atoms with E-state index in [0.717, 1.165) is 38.5 Å². The second-order valence-electron chi connectivity index (χ2n) is 24.7. The van der Waals surface area contributed by atoms with E-state index in [9.17, 15) is 47.9 Å². The smallest absolute Gasteiger partial charge is 0.343 e. The predicted molar refractivity (Wildman–Crippen MR) is 392 cm³/mol. The van der Waals surface area contributed by atoms with E-state index in [1.54, 1.807) is 0 Å². The van der Waals surface area contributed by atoms with Crippen molar-refractivity contribution in [1.29, 1.82) is 0 Å². The van der Waals surface area contributed by atoms with Crippen LogP contribution in [0.5, 0.6) is 46.0 Å². The Hall–Kier alpha value is -11.4. The lowest BCUT2D eigenvalue weighted by Crippen LogP contribution is -2.17. The molecule has 0 aliphatic rings. The maximum absolute atomic E-state index is 13.9. The van der Waals surface area contributed by atoms with Crippen molar-refractivity contribution in [1.82, 2.24) is 0 Å². The highest BCUT2D eigenvalue weighted by atomic mass is 16.7. The molecule has 0 fully saturated rings. The Balaban J connectivity index is 0.000000383. The number of carbonyl (C=O) groups is 10. The molecule has 6 aromatic rings. The Bertz CT molecular complexity index is 3960. The standard InChI is InChI=1S/C46H56O11.C37H38O11/c1-7-8-9-10-11-12-13-14-15-16-17-18-34(6)42(47)40-29-39(56-45(50)35-19-23-37(24-20-35)52-30-54-43(48)32(2)3)27-28-41(40)57-46(51)36-21-25-38(26-22-36)53-31-55-44(49)33(4)5;1-6-7-8-9-10-32(38)31-21-30(47-36(41)26-11-15-28(16-12-26)43-22-45-34(39)24(2)3)19-20-33(31)48-37(42)27-13-17-29(18-14-27)44-23-46-35(40)25(4)5/h19-29,34H,2,4,7-18,30-31H2,1,3,5-6H3;11-21H,2,4,6-10,22-23H2,1,3,5H3. The molecule has 0 saturated carbocycles. The van der Waals surface area contributed by atoms with E-state index in [-0.39, 0.29) is 130 Å². The number of rotatable bonds is 44. The van der Waals surface area contributed by atoms with E-state index in [0.29, 0.717) is 35.8 Å². The summed E-state index contributed by atoms with van der Waals surface area (Å²) in [7, 11) is 0. The quantitative estimate of drug-likeness (QED) is 0.00653. The monoisotopic (exact) mass is 1440 g/mol. The molecular formula is C83H94O22. The van der Waals surface area contributed by atoms with E-state index in [2.05, 4.69) is 40.2 Å². The van der Waals surface area contributed by atoms with Gasteiger partial charge in [0.25, 0.3) is 0 Å². The van der Waals surface area contributed by atoms with Crippen molar-refractivity contribution >= 4 is 59.3 Å². The lowest BCUT2D eigenvalue weighted by atomic mass is 9.93. The van der Waals surface area contributed by atoms with Gasteiger partial charge < -0.3 is 56.8 Å². The largest absolute Gasteiger partial charge is 0.457 e. The average molecular weight is 1440 g/mol. The van der Waals surface area contributed by atoms with E-state index in [1.807, 2.05) is 6.92 Å². The molecule has 0 aliphatic heterocycles. The minimum Gasteiger partial charge on any atom is -0.457 e. The van der Waals surface area contributed by atoms with Gasteiger partial charge in [-0.1, -0.05) is 137 Å². The summed E-state index contributed by atoms with van der Waals surface area (Å²) in [6, 6.07) is 32.4. The molecule has 0 radical (unpaired) electrons. The molecule has 0 aliphatic carbocycles. The number of carbonyl (C=O) groups excluding carboxylic acids is 10. The molecule has 0 bridgehead atoms. The van der Waals surface area contributed by atoms with Gasteiger partial charge in [0.2, 0.25) is 27.2 Å². The van der Waals surface area contributed by atoms with Gasteiger partial charge in [0, 0.05) is 34.6 Å². The lowest BCUT2D eigenvalue weighted by molar-refractivity contribution is -0.146. The van der Waals surface area contributed by atoms with E-state index < -0.39 is 47.8 Å². The molecule has 558 valence electrons. The fraction of sp³-hybridized carbons (Fsp3) is 0.349. The minimum atomic E-state index is -0.725. The third-order valence-electron chi connectivity index (χ3n) is 15.7. The second-order valence-corrected chi connectivity index (χ2v) is 24.7. The van der Waals surface area contributed by atoms with Crippen LogP contribution in [0.4, 0.5) is 0 Å². The average Bonchev–Trinajstić information content (AvgIpc) is 0.823. The molecule has 6 aromatic carbocycles. The zero-order chi connectivity index (χ0) is 76.6. The van der Waals surface area contributed by atoms with Crippen LogP contribution in [0.1, 0.15) is 220 Å². The number of ether oxygens (including phenoxy) is 12. The number of benzene rings is 6. The summed E-state index contributed by atoms with van der Waals surface area (Å²) in [5, 5.41) is 0. The molecule has 105 heavy (non-hydrogen) atoms. The Morgan fingerprint density at radius 2 is 0.590 bits per heavy atom. The molecule has 0 N–H and O–H groups in total. The number of esters is 8. The summed E-state index contributed by atoms with van der Waals surface area (Å²) in [5.74, 6) is -4.45. The molecule has 0 heterocycles. The first-order valence-corrected chi connectivity index (χ1v) is 34.8. The van der Waals surface area contributed by atoms with Gasteiger partial charge in [0.1, 0.15) is 46.0 Å². The van der Waals surface area contributed by atoms with Crippen LogP contribution < -0.4 is 37.9 Å². The van der Waals surface area contributed by atoms with Gasteiger partial charge in [0.15, 0.2) is 11.6 Å². The van der Waals surface area contributed by atoms with Gasteiger partial charge in [-0.3, -0.25) is 9.59 Å².